The van der Waals surface area contributed by atoms with E-state index in [1.54, 1.807) is 0 Å². The normalized spacial score (nSPS) is 22.2. The predicted octanol–water partition coefficient (Wildman–Crippen LogP) is -0.101. The fourth-order valence-electron chi connectivity index (χ4n) is 1.40. The minimum Gasteiger partial charge on any atom is -0.394 e. The fraction of sp³-hybridized carbons (Fsp3) is 1.00. The van der Waals surface area contributed by atoms with Crippen LogP contribution in [-0.2, 0) is 14.2 Å². The highest BCUT2D eigenvalue weighted by atomic mass is 16.7. The predicted molar refractivity (Wildman–Crippen MR) is 53.5 cm³/mol. The number of aliphatic hydroxyl groups excluding tert-OH is 2. The van der Waals surface area contributed by atoms with Gasteiger partial charge in [-0.05, 0) is 19.3 Å². The van der Waals surface area contributed by atoms with E-state index < -0.39 is 6.10 Å². The Morgan fingerprint density at radius 3 is 2.60 bits per heavy atom. The molecule has 0 bridgehead atoms. The summed E-state index contributed by atoms with van der Waals surface area (Å²) in [7, 11) is 0. The maximum absolute atomic E-state index is 8.72. The van der Waals surface area contributed by atoms with E-state index in [9.17, 15) is 0 Å². The lowest BCUT2D eigenvalue weighted by Gasteiger charge is -2.23. The Labute approximate surface area is 89.9 Å². The Balaban J connectivity index is 1.95. The molecule has 0 saturated carbocycles. The Kier molecular flexibility index (Phi) is 6.87. The molecule has 0 radical (unpaired) electrons. The van der Waals surface area contributed by atoms with E-state index in [4.69, 9.17) is 24.4 Å². The van der Waals surface area contributed by atoms with Crippen molar-refractivity contribution in [2.24, 2.45) is 0 Å². The summed E-state index contributed by atoms with van der Waals surface area (Å²) >= 11 is 0. The lowest BCUT2D eigenvalue weighted by Crippen LogP contribution is -2.27. The number of hydrogen-bond donors (Lipinski definition) is 2. The maximum Gasteiger partial charge on any atom is 0.157 e. The van der Waals surface area contributed by atoms with Crippen LogP contribution in [-0.4, -0.2) is 55.6 Å². The molecular weight excluding hydrogens is 200 g/mol. The van der Waals surface area contributed by atoms with Gasteiger partial charge in [0.2, 0.25) is 0 Å². The van der Waals surface area contributed by atoms with Crippen molar-refractivity contribution in [3.05, 3.63) is 0 Å². The molecule has 15 heavy (non-hydrogen) atoms. The second kappa shape index (κ2) is 8.01. The molecule has 0 spiro atoms. The standard InChI is InChI=1S/C10H20O5/c11-7-9(8-12)13-5-6-15-10-3-1-2-4-14-10/h9-12H,1-8H2. The van der Waals surface area contributed by atoms with Crippen LogP contribution in [0.15, 0.2) is 0 Å². The maximum atomic E-state index is 8.72. The van der Waals surface area contributed by atoms with E-state index >= 15 is 0 Å². The van der Waals surface area contributed by atoms with Crippen LogP contribution in [0.4, 0.5) is 0 Å². The second-order valence-electron chi connectivity index (χ2n) is 3.52. The summed E-state index contributed by atoms with van der Waals surface area (Å²) in [5.74, 6) is 0. The van der Waals surface area contributed by atoms with E-state index in [0.29, 0.717) is 13.2 Å². The van der Waals surface area contributed by atoms with Crippen LogP contribution in [0.5, 0.6) is 0 Å². The number of ether oxygens (including phenoxy) is 3. The van der Waals surface area contributed by atoms with Gasteiger partial charge in [-0.15, -0.1) is 0 Å². The van der Waals surface area contributed by atoms with Gasteiger partial charge in [-0.3, -0.25) is 0 Å². The van der Waals surface area contributed by atoms with Crippen molar-refractivity contribution in [1.29, 1.82) is 0 Å². The zero-order chi connectivity index (χ0) is 10.9. The highest BCUT2D eigenvalue weighted by Gasteiger charge is 2.13. The third-order valence-corrected chi connectivity index (χ3v) is 2.29. The molecule has 0 aromatic rings. The molecule has 5 heteroatoms. The van der Waals surface area contributed by atoms with Gasteiger partial charge in [-0.25, -0.2) is 0 Å². The minimum atomic E-state index is -0.499. The van der Waals surface area contributed by atoms with E-state index in [1.807, 2.05) is 0 Å². The fourth-order valence-corrected chi connectivity index (χ4v) is 1.40. The van der Waals surface area contributed by atoms with E-state index in [1.165, 1.54) is 0 Å². The third kappa shape index (κ3) is 5.44. The van der Waals surface area contributed by atoms with Crippen LogP contribution >= 0.6 is 0 Å². The van der Waals surface area contributed by atoms with Crippen LogP contribution in [0.1, 0.15) is 19.3 Å². The quantitative estimate of drug-likeness (QED) is 0.586. The SMILES string of the molecule is OCC(CO)OCCOC1CCCCO1. The van der Waals surface area contributed by atoms with Gasteiger partial charge in [0.25, 0.3) is 0 Å². The van der Waals surface area contributed by atoms with Gasteiger partial charge in [0.15, 0.2) is 6.29 Å². The van der Waals surface area contributed by atoms with Gasteiger partial charge in [0.1, 0.15) is 6.10 Å². The molecule has 0 aromatic heterocycles. The van der Waals surface area contributed by atoms with Crippen LogP contribution in [0.3, 0.4) is 0 Å². The van der Waals surface area contributed by atoms with Crippen molar-refractivity contribution in [3.63, 3.8) is 0 Å². The molecular formula is C10H20O5. The van der Waals surface area contributed by atoms with Crippen LogP contribution in [0, 0.1) is 0 Å². The second-order valence-corrected chi connectivity index (χ2v) is 3.52. The highest BCUT2D eigenvalue weighted by molar-refractivity contribution is 4.55. The van der Waals surface area contributed by atoms with Crippen molar-refractivity contribution in [2.45, 2.75) is 31.7 Å². The monoisotopic (exact) mass is 220 g/mol. The summed E-state index contributed by atoms with van der Waals surface area (Å²) in [5, 5.41) is 17.4. The van der Waals surface area contributed by atoms with Gasteiger partial charge in [-0.1, -0.05) is 0 Å². The molecule has 90 valence electrons. The molecule has 1 aliphatic heterocycles. The van der Waals surface area contributed by atoms with Gasteiger partial charge in [-0.2, -0.15) is 0 Å². The molecule has 1 heterocycles. The summed E-state index contributed by atoms with van der Waals surface area (Å²) < 4.78 is 15.9. The summed E-state index contributed by atoms with van der Waals surface area (Å²) in [6.07, 6.45) is 2.57. The Morgan fingerprint density at radius 1 is 1.20 bits per heavy atom. The van der Waals surface area contributed by atoms with Crippen molar-refractivity contribution in [2.75, 3.05) is 33.0 Å². The average molecular weight is 220 g/mol. The van der Waals surface area contributed by atoms with Crippen molar-refractivity contribution in [1.82, 2.24) is 0 Å². The molecule has 1 saturated heterocycles. The number of rotatable bonds is 7. The molecule has 1 atom stereocenters. The molecule has 1 fully saturated rings. The highest BCUT2D eigenvalue weighted by Crippen LogP contribution is 2.13. The molecule has 0 aromatic carbocycles. The third-order valence-electron chi connectivity index (χ3n) is 2.29. The Morgan fingerprint density at radius 2 is 2.00 bits per heavy atom. The van der Waals surface area contributed by atoms with Crippen LogP contribution < -0.4 is 0 Å². The topological polar surface area (TPSA) is 68.2 Å². The number of aliphatic hydroxyl groups is 2. The van der Waals surface area contributed by atoms with E-state index in [0.717, 1.165) is 25.9 Å². The Hall–Kier alpha value is -0.200. The first-order chi connectivity index (χ1) is 7.36. The van der Waals surface area contributed by atoms with Crippen molar-refractivity contribution >= 4 is 0 Å². The molecule has 1 unspecified atom stereocenters. The van der Waals surface area contributed by atoms with Gasteiger partial charge in [0, 0.05) is 6.61 Å². The minimum absolute atomic E-state index is 0.107. The largest absolute Gasteiger partial charge is 0.394 e. The van der Waals surface area contributed by atoms with E-state index in [2.05, 4.69) is 0 Å². The molecule has 0 amide bonds. The van der Waals surface area contributed by atoms with Gasteiger partial charge >= 0.3 is 0 Å². The molecule has 5 nitrogen and oxygen atoms in total. The van der Waals surface area contributed by atoms with Crippen molar-refractivity contribution < 1.29 is 24.4 Å². The molecule has 1 rings (SSSR count). The molecule has 2 N–H and O–H groups in total. The van der Waals surface area contributed by atoms with Crippen LogP contribution in [0.25, 0.3) is 0 Å². The van der Waals surface area contributed by atoms with Gasteiger partial charge < -0.3 is 24.4 Å². The first kappa shape index (κ1) is 12.9. The summed E-state index contributed by atoms with van der Waals surface area (Å²) in [6.45, 7) is 1.22. The first-order valence-electron chi connectivity index (χ1n) is 5.43. The zero-order valence-electron chi connectivity index (χ0n) is 8.93. The van der Waals surface area contributed by atoms with E-state index in [-0.39, 0.29) is 19.5 Å². The smallest absolute Gasteiger partial charge is 0.157 e. The lowest BCUT2D eigenvalue weighted by atomic mass is 10.2. The van der Waals surface area contributed by atoms with Gasteiger partial charge in [0.05, 0.1) is 26.4 Å². The molecule has 1 aliphatic rings. The van der Waals surface area contributed by atoms with Crippen molar-refractivity contribution in [3.8, 4) is 0 Å². The molecule has 0 aliphatic carbocycles. The summed E-state index contributed by atoms with van der Waals surface area (Å²) in [4.78, 5) is 0. The average Bonchev–Trinajstić information content (AvgIpc) is 2.31. The Bertz CT molecular complexity index is 143. The summed E-state index contributed by atoms with van der Waals surface area (Å²) in [6, 6.07) is 0. The first-order valence-corrected chi connectivity index (χ1v) is 5.43. The number of hydrogen-bond acceptors (Lipinski definition) is 5. The summed E-state index contributed by atoms with van der Waals surface area (Å²) in [5.41, 5.74) is 0. The lowest BCUT2D eigenvalue weighted by molar-refractivity contribution is -0.173. The van der Waals surface area contributed by atoms with Crippen LogP contribution in [0.2, 0.25) is 0 Å². The zero-order valence-corrected chi connectivity index (χ0v) is 8.93.